The van der Waals surface area contributed by atoms with Crippen LogP contribution in [-0.4, -0.2) is 17.7 Å². The molecule has 1 N–H and O–H groups in total. The third kappa shape index (κ3) is 3.45. The fourth-order valence-corrected chi connectivity index (χ4v) is 1.93. The van der Waals surface area contributed by atoms with Crippen molar-refractivity contribution in [2.75, 3.05) is 6.61 Å². The molecule has 0 aliphatic carbocycles. The van der Waals surface area contributed by atoms with Crippen LogP contribution in [0, 0.1) is 11.2 Å². The van der Waals surface area contributed by atoms with Gasteiger partial charge in [0, 0.05) is 6.07 Å². The molecule has 0 radical (unpaired) electrons. The number of halogens is 1. The topological polar surface area (TPSA) is 46.5 Å². The van der Waals surface area contributed by atoms with E-state index < -0.39 is 11.4 Å². The van der Waals surface area contributed by atoms with Crippen LogP contribution in [0.3, 0.4) is 0 Å². The summed E-state index contributed by atoms with van der Waals surface area (Å²) < 4.78 is 18.3. The van der Waals surface area contributed by atoms with Gasteiger partial charge in [-0.2, -0.15) is 0 Å². The Balaban J connectivity index is 2.57. The zero-order chi connectivity index (χ0) is 13.6. The van der Waals surface area contributed by atoms with Crippen LogP contribution in [0.25, 0.3) is 0 Å². The Labute approximate surface area is 107 Å². The number of carboxylic acid groups (broad SMARTS) is 1. The molecule has 100 valence electrons. The quantitative estimate of drug-likeness (QED) is 0.810. The van der Waals surface area contributed by atoms with Crippen molar-refractivity contribution in [2.45, 2.75) is 33.1 Å². The van der Waals surface area contributed by atoms with Crippen LogP contribution < -0.4 is 4.74 Å². The highest BCUT2D eigenvalue weighted by Crippen LogP contribution is 2.31. The minimum Gasteiger partial charge on any atom is -0.493 e. The van der Waals surface area contributed by atoms with Gasteiger partial charge in [0.1, 0.15) is 11.6 Å². The molecule has 0 atom stereocenters. The summed E-state index contributed by atoms with van der Waals surface area (Å²) in [5, 5.41) is 9.25. The van der Waals surface area contributed by atoms with Gasteiger partial charge in [-0.15, -0.1) is 0 Å². The molecule has 0 fully saturated rings. The maximum absolute atomic E-state index is 12.9. The van der Waals surface area contributed by atoms with Crippen molar-refractivity contribution < 1.29 is 19.0 Å². The highest BCUT2D eigenvalue weighted by atomic mass is 19.1. The lowest BCUT2D eigenvalue weighted by atomic mass is 9.79. The molecule has 0 aliphatic rings. The maximum atomic E-state index is 12.9. The molecule has 3 nitrogen and oxygen atoms in total. The molecule has 4 heteroatoms. The van der Waals surface area contributed by atoms with Crippen molar-refractivity contribution in [3.8, 4) is 5.75 Å². The van der Waals surface area contributed by atoms with Gasteiger partial charge >= 0.3 is 5.97 Å². The summed E-state index contributed by atoms with van der Waals surface area (Å²) >= 11 is 0. The van der Waals surface area contributed by atoms with Crippen LogP contribution in [0.1, 0.15) is 33.1 Å². The van der Waals surface area contributed by atoms with Crippen LogP contribution >= 0.6 is 0 Å². The molecule has 0 spiro atoms. The SMILES string of the molecule is CCC(CC)(CCOc1cccc(F)c1)C(=O)O. The molecule has 1 aromatic rings. The molecular formula is C14H19FO3. The normalized spacial score (nSPS) is 11.3. The predicted molar refractivity (Wildman–Crippen MR) is 67.2 cm³/mol. The van der Waals surface area contributed by atoms with E-state index in [1.807, 2.05) is 13.8 Å². The molecular weight excluding hydrogens is 235 g/mol. The van der Waals surface area contributed by atoms with Crippen molar-refractivity contribution in [3.05, 3.63) is 30.1 Å². The van der Waals surface area contributed by atoms with Gasteiger partial charge in [-0.1, -0.05) is 19.9 Å². The van der Waals surface area contributed by atoms with Crippen LogP contribution in [-0.2, 0) is 4.79 Å². The summed E-state index contributed by atoms with van der Waals surface area (Å²) in [7, 11) is 0. The van der Waals surface area contributed by atoms with Crippen LogP contribution in [0.4, 0.5) is 4.39 Å². The van der Waals surface area contributed by atoms with Crippen molar-refractivity contribution in [1.82, 2.24) is 0 Å². The lowest BCUT2D eigenvalue weighted by Crippen LogP contribution is -2.31. The van der Waals surface area contributed by atoms with Crippen molar-refractivity contribution >= 4 is 5.97 Å². The largest absolute Gasteiger partial charge is 0.493 e. The van der Waals surface area contributed by atoms with E-state index in [0.29, 0.717) is 25.0 Å². The van der Waals surface area contributed by atoms with Gasteiger partial charge in [0.15, 0.2) is 0 Å². The van der Waals surface area contributed by atoms with Crippen LogP contribution in [0.15, 0.2) is 24.3 Å². The average Bonchev–Trinajstić information content (AvgIpc) is 2.35. The van der Waals surface area contributed by atoms with E-state index in [1.54, 1.807) is 12.1 Å². The van der Waals surface area contributed by atoms with Gasteiger partial charge in [-0.05, 0) is 31.4 Å². The Bertz CT molecular complexity index is 400. The number of aliphatic carboxylic acids is 1. The molecule has 1 aromatic carbocycles. The second kappa shape index (κ2) is 6.38. The Hall–Kier alpha value is -1.58. The van der Waals surface area contributed by atoms with Gasteiger partial charge in [0.25, 0.3) is 0 Å². The average molecular weight is 254 g/mol. The minimum atomic E-state index is -0.796. The minimum absolute atomic E-state index is 0.275. The van der Waals surface area contributed by atoms with E-state index in [2.05, 4.69) is 0 Å². The smallest absolute Gasteiger partial charge is 0.309 e. The van der Waals surface area contributed by atoms with E-state index in [-0.39, 0.29) is 12.4 Å². The van der Waals surface area contributed by atoms with Crippen molar-refractivity contribution in [2.24, 2.45) is 5.41 Å². The van der Waals surface area contributed by atoms with Crippen molar-refractivity contribution in [3.63, 3.8) is 0 Å². The van der Waals surface area contributed by atoms with E-state index >= 15 is 0 Å². The molecule has 18 heavy (non-hydrogen) atoms. The first kappa shape index (κ1) is 14.5. The van der Waals surface area contributed by atoms with E-state index in [0.717, 1.165) is 0 Å². The van der Waals surface area contributed by atoms with E-state index in [4.69, 9.17) is 4.74 Å². The van der Waals surface area contributed by atoms with Gasteiger partial charge in [0.05, 0.1) is 12.0 Å². The van der Waals surface area contributed by atoms with Gasteiger partial charge in [-0.25, -0.2) is 4.39 Å². The third-order valence-electron chi connectivity index (χ3n) is 3.45. The summed E-state index contributed by atoms with van der Waals surface area (Å²) in [5.74, 6) is -0.722. The molecule has 0 saturated heterocycles. The molecule has 0 amide bonds. The lowest BCUT2D eigenvalue weighted by Gasteiger charge is -2.26. The number of hydrogen-bond acceptors (Lipinski definition) is 2. The second-order valence-electron chi connectivity index (χ2n) is 4.35. The molecule has 0 aliphatic heterocycles. The molecule has 0 saturated carbocycles. The summed E-state index contributed by atoms with van der Waals surface area (Å²) in [5.41, 5.74) is -0.743. The number of hydrogen-bond donors (Lipinski definition) is 1. The standard InChI is InChI=1S/C14H19FO3/c1-3-14(4-2,13(16)17)8-9-18-12-7-5-6-11(15)10-12/h5-7,10H,3-4,8-9H2,1-2H3,(H,16,17). The Morgan fingerprint density at radius 1 is 1.39 bits per heavy atom. The van der Waals surface area contributed by atoms with Gasteiger partial charge in [0.2, 0.25) is 0 Å². The van der Waals surface area contributed by atoms with Crippen molar-refractivity contribution in [1.29, 1.82) is 0 Å². The first-order chi connectivity index (χ1) is 8.54. The molecule has 0 heterocycles. The molecule has 0 bridgehead atoms. The zero-order valence-corrected chi connectivity index (χ0v) is 10.8. The van der Waals surface area contributed by atoms with Gasteiger partial charge in [-0.3, -0.25) is 4.79 Å². The second-order valence-corrected chi connectivity index (χ2v) is 4.35. The Morgan fingerprint density at radius 2 is 2.06 bits per heavy atom. The van der Waals surface area contributed by atoms with Crippen LogP contribution in [0.2, 0.25) is 0 Å². The van der Waals surface area contributed by atoms with Gasteiger partial charge < -0.3 is 9.84 Å². The monoisotopic (exact) mass is 254 g/mol. The zero-order valence-electron chi connectivity index (χ0n) is 10.8. The van der Waals surface area contributed by atoms with E-state index in [1.165, 1.54) is 12.1 Å². The first-order valence-electron chi connectivity index (χ1n) is 6.16. The Kier molecular flexibility index (Phi) is 5.13. The maximum Gasteiger partial charge on any atom is 0.309 e. The summed E-state index contributed by atoms with van der Waals surface area (Å²) in [6.07, 6.45) is 1.54. The fourth-order valence-electron chi connectivity index (χ4n) is 1.93. The first-order valence-corrected chi connectivity index (χ1v) is 6.16. The summed E-state index contributed by atoms with van der Waals surface area (Å²) in [6.45, 7) is 4.00. The number of rotatable bonds is 7. The fraction of sp³-hybridized carbons (Fsp3) is 0.500. The third-order valence-corrected chi connectivity index (χ3v) is 3.45. The highest BCUT2D eigenvalue weighted by molar-refractivity contribution is 5.74. The van der Waals surface area contributed by atoms with E-state index in [9.17, 15) is 14.3 Å². The molecule has 1 rings (SSSR count). The molecule has 0 unspecified atom stereocenters. The summed E-state index contributed by atoms with van der Waals surface area (Å²) in [4.78, 5) is 11.3. The highest BCUT2D eigenvalue weighted by Gasteiger charge is 2.34. The Morgan fingerprint density at radius 3 is 2.56 bits per heavy atom. The number of benzene rings is 1. The number of carbonyl (C=O) groups is 1. The number of carboxylic acids is 1. The predicted octanol–water partition coefficient (Wildman–Crippen LogP) is 3.49. The number of ether oxygens (including phenoxy) is 1. The summed E-state index contributed by atoms with van der Waals surface area (Å²) in [6, 6.07) is 5.85. The lowest BCUT2D eigenvalue weighted by molar-refractivity contribution is -0.150. The molecule has 0 aromatic heterocycles. The van der Waals surface area contributed by atoms with Crippen LogP contribution in [0.5, 0.6) is 5.75 Å².